The fourth-order valence-electron chi connectivity index (χ4n) is 1.46. The van der Waals surface area contributed by atoms with E-state index in [0.717, 1.165) is 22.7 Å². The highest BCUT2D eigenvalue weighted by atomic mass is 79.9. The molecule has 7 heteroatoms. The molecular formula is C11H15BrN6. The Labute approximate surface area is 114 Å². The Kier molecular flexibility index (Phi) is 4.14. The van der Waals surface area contributed by atoms with Gasteiger partial charge in [-0.2, -0.15) is 4.98 Å². The number of anilines is 2. The van der Waals surface area contributed by atoms with Gasteiger partial charge in [-0.25, -0.2) is 9.97 Å². The maximum Gasteiger partial charge on any atom is 0.224 e. The van der Waals surface area contributed by atoms with Gasteiger partial charge in [-0.1, -0.05) is 0 Å². The molecule has 2 heterocycles. The average Bonchev–Trinajstić information content (AvgIpc) is 2.76. The van der Waals surface area contributed by atoms with Crippen LogP contribution >= 0.6 is 15.9 Å². The number of nitrogens with one attached hydrogen (secondary N) is 2. The van der Waals surface area contributed by atoms with Gasteiger partial charge >= 0.3 is 0 Å². The van der Waals surface area contributed by atoms with Crippen molar-refractivity contribution in [1.82, 2.24) is 19.5 Å². The summed E-state index contributed by atoms with van der Waals surface area (Å²) in [6, 6.07) is 0. The Morgan fingerprint density at radius 2 is 2.17 bits per heavy atom. The first-order valence-corrected chi connectivity index (χ1v) is 6.46. The zero-order valence-corrected chi connectivity index (χ0v) is 11.9. The van der Waals surface area contributed by atoms with Crippen LogP contribution in [0.25, 0.3) is 0 Å². The van der Waals surface area contributed by atoms with Crippen LogP contribution in [-0.2, 0) is 13.6 Å². The molecule has 2 N–H and O–H groups in total. The predicted octanol–water partition coefficient (Wildman–Crippen LogP) is 2.02. The minimum absolute atomic E-state index is 0.614. The number of hydrogen-bond acceptors (Lipinski definition) is 5. The summed E-state index contributed by atoms with van der Waals surface area (Å²) >= 11 is 3.42. The number of rotatable bonds is 5. The third-order valence-electron chi connectivity index (χ3n) is 2.41. The molecule has 96 valence electrons. The van der Waals surface area contributed by atoms with Crippen molar-refractivity contribution in [1.29, 1.82) is 0 Å². The SMILES string of the molecule is CCNc1ncc(Br)c(NCc2nccn2C)n1. The highest BCUT2D eigenvalue weighted by Crippen LogP contribution is 2.20. The van der Waals surface area contributed by atoms with Gasteiger partial charge in [-0.15, -0.1) is 0 Å². The van der Waals surface area contributed by atoms with Gasteiger partial charge in [0.1, 0.15) is 11.6 Å². The number of aryl methyl sites for hydroxylation is 1. The quantitative estimate of drug-likeness (QED) is 0.884. The molecule has 0 amide bonds. The number of hydrogen-bond donors (Lipinski definition) is 2. The molecule has 0 spiro atoms. The van der Waals surface area contributed by atoms with E-state index in [4.69, 9.17) is 0 Å². The van der Waals surface area contributed by atoms with Crippen molar-refractivity contribution in [2.45, 2.75) is 13.5 Å². The van der Waals surface area contributed by atoms with Crippen molar-refractivity contribution >= 4 is 27.7 Å². The van der Waals surface area contributed by atoms with Crippen LogP contribution in [0.4, 0.5) is 11.8 Å². The minimum Gasteiger partial charge on any atom is -0.362 e. The van der Waals surface area contributed by atoms with Crippen LogP contribution in [-0.4, -0.2) is 26.1 Å². The largest absolute Gasteiger partial charge is 0.362 e. The van der Waals surface area contributed by atoms with E-state index in [0.29, 0.717) is 12.5 Å². The Morgan fingerprint density at radius 1 is 1.33 bits per heavy atom. The molecule has 0 saturated carbocycles. The zero-order chi connectivity index (χ0) is 13.0. The second kappa shape index (κ2) is 5.81. The van der Waals surface area contributed by atoms with Gasteiger partial charge in [0.25, 0.3) is 0 Å². The normalized spacial score (nSPS) is 10.4. The fraction of sp³-hybridized carbons (Fsp3) is 0.364. The lowest BCUT2D eigenvalue weighted by atomic mass is 10.5. The number of nitrogens with zero attached hydrogens (tertiary/aromatic N) is 4. The van der Waals surface area contributed by atoms with Crippen LogP contribution in [0.15, 0.2) is 23.1 Å². The molecule has 18 heavy (non-hydrogen) atoms. The van der Waals surface area contributed by atoms with Gasteiger partial charge in [0, 0.05) is 32.2 Å². The number of aromatic nitrogens is 4. The van der Waals surface area contributed by atoms with Crippen molar-refractivity contribution in [3.63, 3.8) is 0 Å². The molecule has 2 aromatic rings. The Morgan fingerprint density at radius 3 is 2.83 bits per heavy atom. The molecule has 0 bridgehead atoms. The summed E-state index contributed by atoms with van der Waals surface area (Å²) in [6.07, 6.45) is 5.41. The van der Waals surface area contributed by atoms with Crippen LogP contribution in [0.1, 0.15) is 12.7 Å². The lowest BCUT2D eigenvalue weighted by molar-refractivity contribution is 0.810. The molecule has 2 rings (SSSR count). The highest BCUT2D eigenvalue weighted by molar-refractivity contribution is 9.10. The Bertz CT molecular complexity index is 524. The topological polar surface area (TPSA) is 67.7 Å². The van der Waals surface area contributed by atoms with Crippen molar-refractivity contribution in [3.8, 4) is 0 Å². The van der Waals surface area contributed by atoms with Crippen molar-refractivity contribution in [2.24, 2.45) is 7.05 Å². The van der Waals surface area contributed by atoms with Crippen molar-refractivity contribution in [3.05, 3.63) is 28.9 Å². The number of halogens is 1. The highest BCUT2D eigenvalue weighted by Gasteiger charge is 2.05. The second-order valence-electron chi connectivity index (χ2n) is 3.73. The van der Waals surface area contributed by atoms with Gasteiger partial charge in [0.05, 0.1) is 11.0 Å². The van der Waals surface area contributed by atoms with Gasteiger partial charge in [-0.3, -0.25) is 0 Å². The minimum atomic E-state index is 0.614. The molecule has 0 unspecified atom stereocenters. The third kappa shape index (κ3) is 2.98. The molecule has 0 radical (unpaired) electrons. The summed E-state index contributed by atoms with van der Waals surface area (Å²) in [6.45, 7) is 3.41. The molecule has 0 atom stereocenters. The van der Waals surface area contributed by atoms with Gasteiger partial charge in [-0.05, 0) is 22.9 Å². The summed E-state index contributed by atoms with van der Waals surface area (Å²) in [5, 5.41) is 6.31. The summed E-state index contributed by atoms with van der Waals surface area (Å²) in [7, 11) is 1.96. The van der Waals surface area contributed by atoms with E-state index in [1.54, 1.807) is 12.4 Å². The molecular weight excluding hydrogens is 296 g/mol. The maximum absolute atomic E-state index is 4.37. The third-order valence-corrected chi connectivity index (χ3v) is 2.99. The van der Waals surface area contributed by atoms with E-state index in [1.165, 1.54) is 0 Å². The molecule has 0 saturated heterocycles. The summed E-state index contributed by atoms with van der Waals surface area (Å²) < 4.78 is 2.80. The maximum atomic E-state index is 4.37. The Hall–Kier alpha value is -1.63. The first-order chi connectivity index (χ1) is 8.70. The molecule has 0 aliphatic heterocycles. The van der Waals surface area contributed by atoms with Crippen LogP contribution in [0.3, 0.4) is 0 Å². The molecule has 6 nitrogen and oxygen atoms in total. The van der Waals surface area contributed by atoms with Crippen LogP contribution in [0.2, 0.25) is 0 Å². The average molecular weight is 311 g/mol. The summed E-state index contributed by atoms with van der Waals surface area (Å²) in [4.78, 5) is 12.8. The second-order valence-corrected chi connectivity index (χ2v) is 4.58. The lowest BCUT2D eigenvalue weighted by Gasteiger charge is -2.09. The van der Waals surface area contributed by atoms with E-state index in [-0.39, 0.29) is 0 Å². The van der Waals surface area contributed by atoms with Crippen LogP contribution in [0.5, 0.6) is 0 Å². The van der Waals surface area contributed by atoms with Crippen molar-refractivity contribution in [2.75, 3.05) is 17.2 Å². The predicted molar refractivity (Wildman–Crippen MR) is 74.4 cm³/mol. The molecule has 0 aliphatic carbocycles. The Balaban J connectivity index is 2.08. The first kappa shape index (κ1) is 12.8. The molecule has 0 aromatic carbocycles. The molecule has 0 fully saturated rings. The van der Waals surface area contributed by atoms with Gasteiger partial charge in [0.15, 0.2) is 0 Å². The van der Waals surface area contributed by atoms with Crippen LogP contribution in [0, 0.1) is 0 Å². The van der Waals surface area contributed by atoms with E-state index in [2.05, 4.69) is 41.5 Å². The summed E-state index contributed by atoms with van der Waals surface area (Å²) in [5.74, 6) is 2.32. The van der Waals surface area contributed by atoms with E-state index in [9.17, 15) is 0 Å². The number of imidazole rings is 1. The first-order valence-electron chi connectivity index (χ1n) is 5.67. The van der Waals surface area contributed by atoms with Crippen LogP contribution < -0.4 is 10.6 Å². The molecule has 0 aliphatic rings. The summed E-state index contributed by atoms with van der Waals surface area (Å²) in [5.41, 5.74) is 0. The van der Waals surface area contributed by atoms with Crippen molar-refractivity contribution < 1.29 is 0 Å². The van der Waals surface area contributed by atoms with Gasteiger partial charge < -0.3 is 15.2 Å². The zero-order valence-electron chi connectivity index (χ0n) is 10.3. The van der Waals surface area contributed by atoms with E-state index < -0.39 is 0 Å². The monoisotopic (exact) mass is 310 g/mol. The smallest absolute Gasteiger partial charge is 0.224 e. The van der Waals surface area contributed by atoms with E-state index >= 15 is 0 Å². The molecule has 2 aromatic heterocycles. The van der Waals surface area contributed by atoms with E-state index in [1.807, 2.05) is 24.7 Å². The fourth-order valence-corrected chi connectivity index (χ4v) is 1.80. The van der Waals surface area contributed by atoms with Gasteiger partial charge in [0.2, 0.25) is 5.95 Å². The standard InChI is InChI=1S/C11H15BrN6/c1-3-13-11-16-6-8(12)10(17-11)15-7-9-14-4-5-18(9)2/h4-6H,3,7H2,1-2H3,(H2,13,15,16,17). The lowest BCUT2D eigenvalue weighted by Crippen LogP contribution is -2.09.